The number of benzene rings is 1. The topological polar surface area (TPSA) is 30.5 Å². The minimum Gasteiger partial charge on any atom is -0.489 e. The number of halogens is 1. The molecule has 0 fully saturated rings. The molecule has 1 N–H and O–H groups in total. The molecule has 1 aromatic carbocycles. The van der Waals surface area contributed by atoms with Crippen molar-refractivity contribution < 1.29 is 9.47 Å². The largest absolute Gasteiger partial charge is 0.489 e. The van der Waals surface area contributed by atoms with E-state index in [1.807, 2.05) is 12.1 Å². The molecule has 130 valence electrons. The van der Waals surface area contributed by atoms with Crippen LogP contribution in [-0.4, -0.2) is 13.2 Å². The third-order valence-corrected chi connectivity index (χ3v) is 5.28. The maximum absolute atomic E-state index is 6.39. The zero-order valence-electron chi connectivity index (χ0n) is 14.4. The van der Waals surface area contributed by atoms with Crippen LogP contribution in [0.4, 0.5) is 0 Å². The molecule has 0 unspecified atom stereocenters. The first-order valence-electron chi connectivity index (χ1n) is 8.30. The molecule has 5 heteroatoms. The van der Waals surface area contributed by atoms with E-state index in [9.17, 15) is 0 Å². The minimum atomic E-state index is 0.125. The van der Waals surface area contributed by atoms with Crippen LogP contribution in [0.2, 0.25) is 5.02 Å². The molecular formula is C19H24ClNO2S. The first kappa shape index (κ1) is 17.6. The van der Waals surface area contributed by atoms with Gasteiger partial charge < -0.3 is 14.8 Å². The number of hydrogen-bond acceptors (Lipinski definition) is 4. The summed E-state index contributed by atoms with van der Waals surface area (Å²) in [6, 6.07) is 8.58. The van der Waals surface area contributed by atoms with Gasteiger partial charge in [0.2, 0.25) is 0 Å². The van der Waals surface area contributed by atoms with Crippen LogP contribution in [0.5, 0.6) is 11.5 Å². The number of nitrogens with one attached hydrogen (secondary N) is 1. The summed E-state index contributed by atoms with van der Waals surface area (Å²) in [5.74, 6) is 1.42. The molecule has 1 aliphatic rings. The summed E-state index contributed by atoms with van der Waals surface area (Å²) in [6.07, 6.45) is 0.878. The Labute approximate surface area is 152 Å². The third kappa shape index (κ3) is 4.05. The van der Waals surface area contributed by atoms with Gasteiger partial charge in [-0.2, -0.15) is 0 Å². The molecule has 0 amide bonds. The lowest BCUT2D eigenvalue weighted by atomic mass is 9.85. The van der Waals surface area contributed by atoms with Gasteiger partial charge in [0.1, 0.15) is 0 Å². The monoisotopic (exact) mass is 365 g/mol. The predicted molar refractivity (Wildman–Crippen MR) is 100 cm³/mol. The van der Waals surface area contributed by atoms with E-state index >= 15 is 0 Å². The fourth-order valence-electron chi connectivity index (χ4n) is 2.90. The molecule has 24 heavy (non-hydrogen) atoms. The highest BCUT2D eigenvalue weighted by Gasteiger charge is 2.27. The van der Waals surface area contributed by atoms with Crippen molar-refractivity contribution in [3.8, 4) is 11.5 Å². The molecule has 3 rings (SSSR count). The van der Waals surface area contributed by atoms with E-state index in [1.165, 1.54) is 4.88 Å². The number of rotatable bonds is 4. The Hall–Kier alpha value is -1.23. The van der Waals surface area contributed by atoms with E-state index in [0.717, 1.165) is 24.3 Å². The van der Waals surface area contributed by atoms with Crippen molar-refractivity contribution in [1.82, 2.24) is 5.32 Å². The van der Waals surface area contributed by atoms with E-state index in [2.05, 4.69) is 43.6 Å². The van der Waals surface area contributed by atoms with E-state index in [0.29, 0.717) is 24.0 Å². The van der Waals surface area contributed by atoms with Gasteiger partial charge in [-0.3, -0.25) is 0 Å². The number of ether oxygens (including phenoxy) is 2. The lowest BCUT2D eigenvalue weighted by Crippen LogP contribution is -2.31. The number of hydrogen-bond donors (Lipinski definition) is 1. The molecule has 1 aromatic heterocycles. The van der Waals surface area contributed by atoms with E-state index in [1.54, 1.807) is 11.3 Å². The summed E-state index contributed by atoms with van der Waals surface area (Å²) in [5, 5.41) is 6.43. The summed E-state index contributed by atoms with van der Waals surface area (Å²) in [7, 11) is 0. The van der Waals surface area contributed by atoms with Crippen LogP contribution < -0.4 is 14.8 Å². The Morgan fingerprint density at radius 3 is 2.75 bits per heavy atom. The van der Waals surface area contributed by atoms with Gasteiger partial charge in [0.05, 0.1) is 18.2 Å². The Bertz CT molecular complexity index is 679. The summed E-state index contributed by atoms with van der Waals surface area (Å²) in [5.41, 5.74) is 1.23. The summed E-state index contributed by atoms with van der Waals surface area (Å²) < 4.78 is 11.5. The van der Waals surface area contributed by atoms with Gasteiger partial charge in [-0.1, -0.05) is 38.4 Å². The standard InChI is InChI=1S/C19H24ClNO2S/c1-19(2,3)18(16-6-4-9-24-16)21-12-13-10-14(20)17-15(11-13)22-7-5-8-23-17/h4,6,9-11,18,21H,5,7-8,12H2,1-3H3/t18-/m1/s1. The quantitative estimate of drug-likeness (QED) is 0.782. The zero-order valence-corrected chi connectivity index (χ0v) is 16.0. The molecule has 2 aromatic rings. The Morgan fingerprint density at radius 1 is 1.25 bits per heavy atom. The maximum atomic E-state index is 6.39. The Kier molecular flexibility index (Phi) is 5.38. The summed E-state index contributed by atoms with van der Waals surface area (Å²) in [4.78, 5) is 1.35. The lowest BCUT2D eigenvalue weighted by molar-refractivity contribution is 0.274. The minimum absolute atomic E-state index is 0.125. The van der Waals surface area contributed by atoms with Gasteiger partial charge in [0.25, 0.3) is 0 Å². The number of fused-ring (bicyclic) bond motifs is 1. The van der Waals surface area contributed by atoms with Gasteiger partial charge in [-0.15, -0.1) is 11.3 Å². The van der Waals surface area contributed by atoms with Gasteiger partial charge in [0, 0.05) is 23.9 Å². The highest BCUT2D eigenvalue weighted by atomic mass is 35.5. The third-order valence-electron chi connectivity index (χ3n) is 4.07. The molecule has 0 saturated heterocycles. The van der Waals surface area contributed by atoms with E-state index in [-0.39, 0.29) is 11.5 Å². The smallest absolute Gasteiger partial charge is 0.179 e. The SMILES string of the molecule is CC(C)(C)[C@H](NCc1cc(Cl)c2c(c1)OCCCO2)c1cccs1. The second kappa shape index (κ2) is 7.34. The molecule has 0 saturated carbocycles. The Morgan fingerprint density at radius 2 is 2.04 bits per heavy atom. The molecule has 2 heterocycles. The maximum Gasteiger partial charge on any atom is 0.179 e. The van der Waals surface area contributed by atoms with Crippen molar-refractivity contribution >= 4 is 22.9 Å². The van der Waals surface area contributed by atoms with E-state index < -0.39 is 0 Å². The average Bonchev–Trinajstić information content (AvgIpc) is 2.91. The van der Waals surface area contributed by atoms with Crippen LogP contribution in [0, 0.1) is 5.41 Å². The molecule has 0 spiro atoms. The van der Waals surface area contributed by atoms with Crippen molar-refractivity contribution in [3.05, 3.63) is 45.1 Å². The fraction of sp³-hybridized carbons (Fsp3) is 0.474. The summed E-state index contributed by atoms with van der Waals surface area (Å²) in [6.45, 7) is 8.81. The lowest BCUT2D eigenvalue weighted by Gasteiger charge is -2.31. The average molecular weight is 366 g/mol. The van der Waals surface area contributed by atoms with Gasteiger partial charge in [0.15, 0.2) is 11.5 Å². The van der Waals surface area contributed by atoms with Gasteiger partial charge in [-0.25, -0.2) is 0 Å². The first-order valence-corrected chi connectivity index (χ1v) is 9.56. The van der Waals surface area contributed by atoms with Crippen molar-refractivity contribution in [3.63, 3.8) is 0 Å². The molecule has 0 radical (unpaired) electrons. The van der Waals surface area contributed by atoms with Crippen LogP contribution >= 0.6 is 22.9 Å². The van der Waals surface area contributed by atoms with Crippen molar-refractivity contribution in [2.24, 2.45) is 5.41 Å². The fourth-order valence-corrected chi connectivity index (χ4v) is 4.23. The van der Waals surface area contributed by atoms with Crippen molar-refractivity contribution in [1.29, 1.82) is 0 Å². The Balaban J connectivity index is 1.78. The van der Waals surface area contributed by atoms with Crippen LogP contribution in [-0.2, 0) is 6.54 Å². The first-order chi connectivity index (χ1) is 11.4. The molecule has 1 atom stereocenters. The van der Waals surface area contributed by atoms with E-state index in [4.69, 9.17) is 21.1 Å². The van der Waals surface area contributed by atoms with Gasteiger partial charge in [-0.05, 0) is 34.6 Å². The normalized spacial score (nSPS) is 15.8. The van der Waals surface area contributed by atoms with Crippen molar-refractivity contribution in [2.45, 2.75) is 39.8 Å². The molecule has 3 nitrogen and oxygen atoms in total. The second-order valence-corrected chi connectivity index (χ2v) is 8.54. The molecule has 0 bridgehead atoms. The van der Waals surface area contributed by atoms with Crippen LogP contribution in [0.25, 0.3) is 0 Å². The second-order valence-electron chi connectivity index (χ2n) is 7.15. The van der Waals surface area contributed by atoms with Crippen molar-refractivity contribution in [2.75, 3.05) is 13.2 Å². The van der Waals surface area contributed by atoms with Crippen LogP contribution in [0.3, 0.4) is 0 Å². The molecule has 0 aliphatic carbocycles. The predicted octanol–water partition coefficient (Wildman–Crippen LogP) is 5.44. The highest BCUT2D eigenvalue weighted by molar-refractivity contribution is 7.10. The molecule has 1 aliphatic heterocycles. The zero-order chi connectivity index (χ0) is 17.2. The van der Waals surface area contributed by atoms with Gasteiger partial charge >= 0.3 is 0 Å². The van der Waals surface area contributed by atoms with Crippen LogP contribution in [0.1, 0.15) is 43.7 Å². The molecular weight excluding hydrogens is 342 g/mol. The van der Waals surface area contributed by atoms with Crippen LogP contribution in [0.15, 0.2) is 29.6 Å². The number of thiophene rings is 1. The highest BCUT2D eigenvalue weighted by Crippen LogP contribution is 2.39. The summed E-state index contributed by atoms with van der Waals surface area (Å²) >= 11 is 8.18.